The maximum atomic E-state index is 12.5. The first-order valence-electron chi connectivity index (χ1n) is 9.89. The molecule has 1 aromatic heterocycles. The van der Waals surface area contributed by atoms with Crippen molar-refractivity contribution in [3.8, 4) is 0 Å². The molecule has 1 aliphatic rings. The summed E-state index contributed by atoms with van der Waals surface area (Å²) < 4.78 is 0. The molecule has 3 rings (SSSR count). The molecule has 0 saturated carbocycles. The fourth-order valence-electron chi connectivity index (χ4n) is 3.28. The molecule has 0 unspecified atom stereocenters. The van der Waals surface area contributed by atoms with Crippen molar-refractivity contribution in [1.82, 2.24) is 20.5 Å². The number of aryl methyl sites for hydroxylation is 1. The summed E-state index contributed by atoms with van der Waals surface area (Å²) in [5, 5.41) is 9.82. The van der Waals surface area contributed by atoms with Gasteiger partial charge in [0, 0.05) is 50.6 Å². The Labute approximate surface area is 194 Å². The van der Waals surface area contributed by atoms with Crippen molar-refractivity contribution in [3.63, 3.8) is 0 Å². The third-order valence-corrected chi connectivity index (χ3v) is 5.69. The fraction of sp³-hybridized carbons (Fsp3) is 0.476. The Morgan fingerprint density at radius 3 is 2.52 bits per heavy atom. The highest BCUT2D eigenvalue weighted by atomic mass is 127. The van der Waals surface area contributed by atoms with Gasteiger partial charge >= 0.3 is 0 Å². The standard InChI is InChI=1S/C21H29N5OS.HI/c1-16-25-19(15-28-16)10-11-23-21(22-2)24-14-17-6-8-18(9-7-17)20(27)26-12-4-3-5-13-26;/h6-9,15H,3-5,10-14H2,1-2H3,(H2,22,23,24);1H. The van der Waals surface area contributed by atoms with Crippen LogP contribution in [0, 0.1) is 6.92 Å². The van der Waals surface area contributed by atoms with Gasteiger partial charge in [-0.15, -0.1) is 35.3 Å². The van der Waals surface area contributed by atoms with Gasteiger partial charge in [-0.05, 0) is 43.9 Å². The number of halogens is 1. The number of benzene rings is 1. The Hall–Kier alpha value is -1.68. The van der Waals surface area contributed by atoms with Gasteiger partial charge in [0.1, 0.15) is 0 Å². The molecule has 2 aromatic rings. The molecule has 6 nitrogen and oxygen atoms in total. The zero-order chi connectivity index (χ0) is 19.8. The van der Waals surface area contributed by atoms with Crippen molar-refractivity contribution in [2.24, 2.45) is 4.99 Å². The van der Waals surface area contributed by atoms with Crippen LogP contribution in [0.5, 0.6) is 0 Å². The van der Waals surface area contributed by atoms with E-state index >= 15 is 0 Å². The highest BCUT2D eigenvalue weighted by Gasteiger charge is 2.17. The minimum Gasteiger partial charge on any atom is -0.356 e. The summed E-state index contributed by atoms with van der Waals surface area (Å²) in [4.78, 5) is 23.2. The molecule has 29 heavy (non-hydrogen) atoms. The molecule has 0 radical (unpaired) electrons. The minimum atomic E-state index is 0. The lowest BCUT2D eigenvalue weighted by Crippen LogP contribution is -2.38. The Morgan fingerprint density at radius 2 is 1.90 bits per heavy atom. The fourth-order valence-corrected chi connectivity index (χ4v) is 3.93. The number of rotatable bonds is 6. The van der Waals surface area contributed by atoms with Gasteiger partial charge in [-0.2, -0.15) is 0 Å². The largest absolute Gasteiger partial charge is 0.356 e. The number of likely N-dealkylation sites (tertiary alicyclic amines) is 1. The van der Waals surface area contributed by atoms with Crippen LogP contribution in [0.3, 0.4) is 0 Å². The van der Waals surface area contributed by atoms with Gasteiger partial charge in [-0.25, -0.2) is 4.98 Å². The van der Waals surface area contributed by atoms with Gasteiger partial charge in [-0.1, -0.05) is 12.1 Å². The maximum absolute atomic E-state index is 12.5. The van der Waals surface area contributed by atoms with Gasteiger partial charge in [0.15, 0.2) is 5.96 Å². The number of guanidine groups is 1. The predicted octanol–water partition coefficient (Wildman–Crippen LogP) is 3.60. The molecule has 1 saturated heterocycles. The van der Waals surface area contributed by atoms with E-state index in [2.05, 4.69) is 26.0 Å². The summed E-state index contributed by atoms with van der Waals surface area (Å²) in [6, 6.07) is 7.87. The number of aromatic nitrogens is 1. The quantitative estimate of drug-likeness (QED) is 0.342. The van der Waals surface area contributed by atoms with Crippen molar-refractivity contribution in [2.45, 2.75) is 39.2 Å². The van der Waals surface area contributed by atoms with Crippen LogP contribution in [0.1, 0.15) is 45.9 Å². The lowest BCUT2D eigenvalue weighted by atomic mass is 10.1. The molecular formula is C21H30IN5OS. The van der Waals surface area contributed by atoms with Gasteiger partial charge in [0.2, 0.25) is 0 Å². The SMILES string of the molecule is CN=C(NCCc1csc(C)n1)NCc1ccc(C(=O)N2CCCCC2)cc1.I. The van der Waals surface area contributed by atoms with E-state index in [4.69, 9.17) is 0 Å². The van der Waals surface area contributed by atoms with Gasteiger partial charge in [0.25, 0.3) is 5.91 Å². The van der Waals surface area contributed by atoms with Gasteiger partial charge in [0.05, 0.1) is 10.7 Å². The van der Waals surface area contributed by atoms with Crippen molar-refractivity contribution in [1.29, 1.82) is 0 Å². The maximum Gasteiger partial charge on any atom is 0.253 e. The first kappa shape index (κ1) is 23.6. The number of thiazole rings is 1. The van der Waals surface area contributed by atoms with E-state index in [1.54, 1.807) is 18.4 Å². The molecule has 1 fully saturated rings. The molecule has 0 aliphatic carbocycles. The van der Waals surface area contributed by atoms with Gasteiger partial charge < -0.3 is 15.5 Å². The molecule has 1 aromatic carbocycles. The second-order valence-electron chi connectivity index (χ2n) is 7.01. The molecule has 0 spiro atoms. The first-order chi connectivity index (χ1) is 13.7. The van der Waals surface area contributed by atoms with E-state index < -0.39 is 0 Å². The molecule has 1 aliphatic heterocycles. The molecule has 1 amide bonds. The summed E-state index contributed by atoms with van der Waals surface area (Å²) >= 11 is 1.68. The van der Waals surface area contributed by atoms with E-state index in [9.17, 15) is 4.79 Å². The molecule has 8 heteroatoms. The van der Waals surface area contributed by atoms with E-state index in [1.165, 1.54) is 6.42 Å². The summed E-state index contributed by atoms with van der Waals surface area (Å²) in [7, 11) is 1.77. The highest BCUT2D eigenvalue weighted by molar-refractivity contribution is 14.0. The normalized spacial score (nSPS) is 14.3. The Morgan fingerprint density at radius 1 is 1.17 bits per heavy atom. The second-order valence-corrected chi connectivity index (χ2v) is 8.07. The predicted molar refractivity (Wildman–Crippen MR) is 130 cm³/mol. The molecule has 2 heterocycles. The van der Waals surface area contributed by atoms with Crippen molar-refractivity contribution < 1.29 is 4.79 Å². The number of amides is 1. The van der Waals surface area contributed by atoms with E-state index in [-0.39, 0.29) is 29.9 Å². The number of carbonyl (C=O) groups excluding carboxylic acids is 1. The monoisotopic (exact) mass is 527 g/mol. The zero-order valence-electron chi connectivity index (χ0n) is 17.1. The number of nitrogens with one attached hydrogen (secondary N) is 2. The molecule has 2 N–H and O–H groups in total. The smallest absolute Gasteiger partial charge is 0.253 e. The van der Waals surface area contributed by atoms with Crippen molar-refractivity contribution >= 4 is 47.2 Å². The number of aliphatic imine (C=N–C) groups is 1. The highest BCUT2D eigenvalue weighted by Crippen LogP contribution is 2.14. The van der Waals surface area contributed by atoms with E-state index in [0.29, 0.717) is 6.54 Å². The Balaban J connectivity index is 0.00000300. The topological polar surface area (TPSA) is 69.6 Å². The van der Waals surface area contributed by atoms with Crippen molar-refractivity contribution in [2.75, 3.05) is 26.7 Å². The average molecular weight is 527 g/mol. The van der Waals surface area contributed by atoms with Crippen LogP contribution < -0.4 is 10.6 Å². The summed E-state index contributed by atoms with van der Waals surface area (Å²) in [6.45, 7) is 5.22. The summed E-state index contributed by atoms with van der Waals surface area (Å²) in [6.07, 6.45) is 4.33. The Kier molecular flexibility index (Phi) is 9.86. The molecular weight excluding hydrogens is 497 g/mol. The van der Waals surface area contributed by atoms with Crippen molar-refractivity contribution in [3.05, 3.63) is 51.5 Å². The summed E-state index contributed by atoms with van der Waals surface area (Å²) in [5.74, 6) is 0.911. The lowest BCUT2D eigenvalue weighted by molar-refractivity contribution is 0.0724. The molecule has 158 valence electrons. The first-order valence-corrected chi connectivity index (χ1v) is 10.8. The second kappa shape index (κ2) is 12.1. The number of carbonyl (C=O) groups is 1. The summed E-state index contributed by atoms with van der Waals surface area (Å²) in [5.41, 5.74) is 3.00. The molecule has 0 bridgehead atoms. The lowest BCUT2D eigenvalue weighted by Gasteiger charge is -2.26. The van der Waals surface area contributed by atoms with Crippen LogP contribution in [0.25, 0.3) is 0 Å². The van der Waals surface area contributed by atoms with Crippen LogP contribution in [-0.4, -0.2) is 48.4 Å². The van der Waals surface area contributed by atoms with Crippen LogP contribution in [0.2, 0.25) is 0 Å². The Bertz CT molecular complexity index is 800. The minimum absolute atomic E-state index is 0. The number of hydrogen-bond donors (Lipinski definition) is 2. The molecule has 0 atom stereocenters. The van der Waals surface area contributed by atoms with E-state index in [0.717, 1.165) is 66.7 Å². The van der Waals surface area contributed by atoms with Crippen LogP contribution in [0.4, 0.5) is 0 Å². The van der Waals surface area contributed by atoms with Crippen LogP contribution >= 0.6 is 35.3 Å². The third-order valence-electron chi connectivity index (χ3n) is 4.87. The number of hydrogen-bond acceptors (Lipinski definition) is 4. The average Bonchev–Trinajstić information content (AvgIpc) is 3.16. The van der Waals surface area contributed by atoms with Crippen LogP contribution in [-0.2, 0) is 13.0 Å². The van der Waals surface area contributed by atoms with E-state index in [1.807, 2.05) is 36.1 Å². The van der Waals surface area contributed by atoms with Gasteiger partial charge in [-0.3, -0.25) is 9.79 Å². The zero-order valence-corrected chi connectivity index (χ0v) is 20.3. The number of nitrogens with zero attached hydrogens (tertiary/aromatic N) is 3. The van der Waals surface area contributed by atoms with Crippen LogP contribution in [0.15, 0.2) is 34.6 Å². The number of piperidine rings is 1. The third kappa shape index (κ3) is 7.26.